The van der Waals surface area contributed by atoms with Crippen LogP contribution >= 0.6 is 11.6 Å². The molecule has 0 bridgehead atoms. The van der Waals surface area contributed by atoms with Gasteiger partial charge in [0.15, 0.2) is 0 Å². The first-order valence-electron chi connectivity index (χ1n) is 6.19. The Morgan fingerprint density at radius 2 is 2.24 bits per heavy atom. The summed E-state index contributed by atoms with van der Waals surface area (Å²) in [5.41, 5.74) is 1.68. The summed E-state index contributed by atoms with van der Waals surface area (Å²) in [6.45, 7) is 1.84. The van der Waals surface area contributed by atoms with Gasteiger partial charge in [0, 0.05) is 11.6 Å². The van der Waals surface area contributed by atoms with Crippen molar-refractivity contribution in [1.29, 1.82) is 5.26 Å². The monoisotopic (exact) mass is 248 g/mol. The van der Waals surface area contributed by atoms with Gasteiger partial charge < -0.3 is 5.32 Å². The number of nitrogens with one attached hydrogen (secondary N) is 1. The highest BCUT2D eigenvalue weighted by Crippen LogP contribution is 2.33. The van der Waals surface area contributed by atoms with Gasteiger partial charge in [0.2, 0.25) is 0 Å². The third kappa shape index (κ3) is 4.03. The van der Waals surface area contributed by atoms with Crippen molar-refractivity contribution in [2.45, 2.75) is 32.2 Å². The lowest BCUT2D eigenvalue weighted by Gasteiger charge is -2.06. The molecule has 0 aliphatic heterocycles. The zero-order chi connectivity index (χ0) is 12.1. The van der Waals surface area contributed by atoms with Crippen molar-refractivity contribution in [1.82, 2.24) is 5.32 Å². The van der Waals surface area contributed by atoms with E-state index in [-0.39, 0.29) is 0 Å². The van der Waals surface area contributed by atoms with E-state index in [0.717, 1.165) is 24.6 Å². The number of nitrogens with zero attached hydrogens (tertiary/aromatic N) is 1. The molecule has 0 aromatic heterocycles. The number of rotatable bonds is 6. The van der Waals surface area contributed by atoms with E-state index in [2.05, 4.69) is 11.4 Å². The highest BCUT2D eigenvalue weighted by Gasteiger charge is 2.19. The molecule has 1 aromatic carbocycles. The summed E-state index contributed by atoms with van der Waals surface area (Å²) in [7, 11) is 0. The molecule has 3 heteroatoms. The van der Waals surface area contributed by atoms with Gasteiger partial charge in [-0.25, -0.2) is 0 Å². The molecule has 1 fully saturated rings. The second-order valence-electron chi connectivity index (χ2n) is 4.68. The van der Waals surface area contributed by atoms with Gasteiger partial charge >= 0.3 is 0 Å². The van der Waals surface area contributed by atoms with E-state index < -0.39 is 0 Å². The van der Waals surface area contributed by atoms with E-state index in [1.807, 2.05) is 12.1 Å². The molecule has 0 atom stereocenters. The molecule has 0 saturated heterocycles. The van der Waals surface area contributed by atoms with Crippen LogP contribution in [0.3, 0.4) is 0 Å². The van der Waals surface area contributed by atoms with Crippen molar-refractivity contribution in [3.8, 4) is 6.07 Å². The van der Waals surface area contributed by atoms with Crippen molar-refractivity contribution in [3.05, 3.63) is 34.3 Å². The van der Waals surface area contributed by atoms with Crippen molar-refractivity contribution in [3.63, 3.8) is 0 Å². The molecule has 1 aromatic rings. The van der Waals surface area contributed by atoms with Crippen molar-refractivity contribution in [2.24, 2.45) is 5.92 Å². The van der Waals surface area contributed by atoms with Crippen LogP contribution in [0, 0.1) is 17.2 Å². The second-order valence-corrected chi connectivity index (χ2v) is 5.09. The number of halogens is 1. The molecule has 17 heavy (non-hydrogen) atoms. The SMILES string of the molecule is N#Cc1ccc(CNCCCC2CC2)c(Cl)c1. The van der Waals surface area contributed by atoms with Gasteiger partial charge in [0.25, 0.3) is 0 Å². The zero-order valence-electron chi connectivity index (χ0n) is 9.88. The normalized spacial score (nSPS) is 14.6. The summed E-state index contributed by atoms with van der Waals surface area (Å²) in [4.78, 5) is 0. The molecule has 0 amide bonds. The molecule has 1 N–H and O–H groups in total. The maximum atomic E-state index is 8.73. The first-order chi connectivity index (χ1) is 8.29. The summed E-state index contributed by atoms with van der Waals surface area (Å²) in [6.07, 6.45) is 5.47. The lowest BCUT2D eigenvalue weighted by Crippen LogP contribution is -2.15. The van der Waals surface area contributed by atoms with Gasteiger partial charge in [-0.3, -0.25) is 0 Å². The minimum atomic E-state index is 0.618. The van der Waals surface area contributed by atoms with E-state index in [1.54, 1.807) is 6.07 Å². The number of hydrogen-bond donors (Lipinski definition) is 1. The lowest BCUT2D eigenvalue weighted by molar-refractivity contribution is 0.594. The molecule has 1 aliphatic carbocycles. The third-order valence-electron chi connectivity index (χ3n) is 3.16. The third-order valence-corrected chi connectivity index (χ3v) is 3.51. The predicted octanol–water partition coefficient (Wildman–Crippen LogP) is 3.49. The average molecular weight is 249 g/mol. The second kappa shape index (κ2) is 6.05. The maximum Gasteiger partial charge on any atom is 0.0992 e. The van der Waals surface area contributed by atoms with Crippen LogP contribution in [0.1, 0.15) is 36.8 Å². The van der Waals surface area contributed by atoms with Crippen molar-refractivity contribution >= 4 is 11.6 Å². The molecule has 0 radical (unpaired) electrons. The van der Waals surface area contributed by atoms with Gasteiger partial charge in [0.1, 0.15) is 0 Å². The van der Waals surface area contributed by atoms with Crippen LogP contribution in [0.2, 0.25) is 5.02 Å². The summed E-state index contributed by atoms with van der Waals surface area (Å²) >= 11 is 6.09. The topological polar surface area (TPSA) is 35.8 Å². The quantitative estimate of drug-likeness (QED) is 0.783. The van der Waals surface area contributed by atoms with Gasteiger partial charge in [-0.2, -0.15) is 5.26 Å². The molecule has 0 heterocycles. The number of hydrogen-bond acceptors (Lipinski definition) is 2. The van der Waals surface area contributed by atoms with Crippen LogP contribution in [0.25, 0.3) is 0 Å². The minimum absolute atomic E-state index is 0.618. The molecule has 0 spiro atoms. The van der Waals surface area contributed by atoms with Crippen LogP contribution in [0.15, 0.2) is 18.2 Å². The van der Waals surface area contributed by atoms with Crippen LogP contribution in [-0.2, 0) is 6.54 Å². The first kappa shape index (κ1) is 12.4. The predicted molar refractivity (Wildman–Crippen MR) is 69.8 cm³/mol. The van der Waals surface area contributed by atoms with Crippen LogP contribution in [0.4, 0.5) is 0 Å². The van der Waals surface area contributed by atoms with Crippen LogP contribution in [-0.4, -0.2) is 6.54 Å². The lowest BCUT2D eigenvalue weighted by atomic mass is 10.1. The van der Waals surface area contributed by atoms with E-state index >= 15 is 0 Å². The van der Waals surface area contributed by atoms with Gasteiger partial charge in [-0.1, -0.05) is 30.5 Å². The van der Waals surface area contributed by atoms with Crippen LogP contribution < -0.4 is 5.32 Å². The van der Waals surface area contributed by atoms with Crippen LogP contribution in [0.5, 0.6) is 0 Å². The molecule has 2 rings (SSSR count). The smallest absolute Gasteiger partial charge is 0.0992 e. The zero-order valence-corrected chi connectivity index (χ0v) is 10.6. The largest absolute Gasteiger partial charge is 0.313 e. The summed E-state index contributed by atoms with van der Waals surface area (Å²) in [5, 5.41) is 12.8. The maximum absolute atomic E-state index is 8.73. The molecule has 1 aliphatic rings. The van der Waals surface area contributed by atoms with E-state index in [0.29, 0.717) is 10.6 Å². The Kier molecular flexibility index (Phi) is 4.42. The Hall–Kier alpha value is -1.04. The molecular weight excluding hydrogens is 232 g/mol. The van der Waals surface area contributed by atoms with Gasteiger partial charge in [0.05, 0.1) is 11.6 Å². The molecule has 0 unspecified atom stereocenters. The standard InChI is InChI=1S/C14H17ClN2/c15-14-8-12(9-16)5-6-13(14)10-17-7-1-2-11-3-4-11/h5-6,8,11,17H,1-4,7,10H2. The van der Waals surface area contributed by atoms with Gasteiger partial charge in [-0.05, 0) is 43.0 Å². The minimum Gasteiger partial charge on any atom is -0.313 e. The molecule has 90 valence electrons. The average Bonchev–Trinajstić information content (AvgIpc) is 3.14. The van der Waals surface area contributed by atoms with Crippen molar-refractivity contribution < 1.29 is 0 Å². The summed E-state index contributed by atoms with van der Waals surface area (Å²) < 4.78 is 0. The Balaban J connectivity index is 1.72. The highest BCUT2D eigenvalue weighted by molar-refractivity contribution is 6.31. The van der Waals surface area contributed by atoms with E-state index in [4.69, 9.17) is 16.9 Å². The first-order valence-corrected chi connectivity index (χ1v) is 6.56. The molecular formula is C14H17ClN2. The Morgan fingerprint density at radius 3 is 2.88 bits per heavy atom. The number of nitriles is 1. The van der Waals surface area contributed by atoms with E-state index in [9.17, 15) is 0 Å². The highest BCUT2D eigenvalue weighted by atomic mass is 35.5. The number of benzene rings is 1. The van der Waals surface area contributed by atoms with Gasteiger partial charge in [-0.15, -0.1) is 0 Å². The van der Waals surface area contributed by atoms with Crippen molar-refractivity contribution in [2.75, 3.05) is 6.54 Å². The molecule has 2 nitrogen and oxygen atoms in total. The van der Waals surface area contributed by atoms with E-state index in [1.165, 1.54) is 25.7 Å². The fraction of sp³-hybridized carbons (Fsp3) is 0.500. The Bertz CT molecular complexity index is 419. The fourth-order valence-corrected chi connectivity index (χ4v) is 2.15. The Labute approximate surface area is 108 Å². The molecule has 1 saturated carbocycles. The fourth-order valence-electron chi connectivity index (χ4n) is 1.91. The Morgan fingerprint density at radius 1 is 1.41 bits per heavy atom. The summed E-state index contributed by atoms with van der Waals surface area (Å²) in [6, 6.07) is 7.55. The summed E-state index contributed by atoms with van der Waals surface area (Å²) in [5.74, 6) is 1.01.